The highest BCUT2D eigenvalue weighted by Gasteiger charge is 2.37. The molecule has 6 rings (SSSR count). The third kappa shape index (κ3) is 10.1. The van der Waals surface area contributed by atoms with Gasteiger partial charge in [-0.1, -0.05) is 80.2 Å². The van der Waals surface area contributed by atoms with E-state index >= 15 is 0 Å². The van der Waals surface area contributed by atoms with Gasteiger partial charge in [-0.2, -0.15) is 0 Å². The molecule has 2 aromatic carbocycles. The third-order valence-electron chi connectivity index (χ3n) is 11.4. The number of aromatic nitrogens is 2. The molecule has 2 aromatic heterocycles. The Bertz CT molecular complexity index is 1850. The van der Waals surface area contributed by atoms with Crippen LogP contribution in [0.25, 0.3) is 0 Å². The molecular weight excluding hydrogens is 679 g/mol. The van der Waals surface area contributed by atoms with Crippen LogP contribution < -0.4 is 10.5 Å². The number of aromatic hydroxyl groups is 1. The maximum Gasteiger partial charge on any atom is 0.161 e. The number of nitrogens with two attached hydrogens (primary N) is 1. The summed E-state index contributed by atoms with van der Waals surface area (Å²) in [5, 5.41) is 55.2. The van der Waals surface area contributed by atoms with E-state index in [2.05, 4.69) is 59.1 Å². The van der Waals surface area contributed by atoms with Crippen molar-refractivity contribution in [2.45, 2.75) is 94.5 Å². The number of hydrogen-bond acceptors (Lipinski definition) is 8. The number of hydrogen-bond donors (Lipinski definition) is 7. The molecule has 10 atom stereocenters. The van der Waals surface area contributed by atoms with Crippen LogP contribution in [0.1, 0.15) is 79.7 Å². The number of fused-ring (bicyclic) bond motifs is 1. The number of anilines is 1. The molecule has 286 valence electrons. The first-order valence-electron chi connectivity index (χ1n) is 19.4. The van der Waals surface area contributed by atoms with Gasteiger partial charge in [0.2, 0.25) is 0 Å². The molecule has 2 aliphatic carbocycles. The summed E-state index contributed by atoms with van der Waals surface area (Å²) in [5.74, 6) is 6.96. The normalized spacial score (nSPS) is 25.2. The van der Waals surface area contributed by atoms with Gasteiger partial charge in [-0.25, -0.2) is 4.98 Å². The second-order valence-electron chi connectivity index (χ2n) is 15.3. The van der Waals surface area contributed by atoms with Crippen LogP contribution in [0.5, 0.6) is 11.5 Å². The first kappa shape index (κ1) is 39.1. The Morgan fingerprint density at radius 1 is 0.944 bits per heavy atom. The van der Waals surface area contributed by atoms with Gasteiger partial charge >= 0.3 is 0 Å². The van der Waals surface area contributed by atoms with Gasteiger partial charge in [-0.05, 0) is 103 Å². The van der Waals surface area contributed by atoms with E-state index < -0.39 is 36.9 Å². The van der Waals surface area contributed by atoms with Crippen molar-refractivity contribution in [1.29, 1.82) is 0 Å². The SMILES string of the molecule is C[C@H](Cc1ccccc1)[C@@H]1C#C[C@@H]2C=C[C@H](c3ccc(O)c(O[C@H](C[C@H](Cc4ccc[nH]4)c4ccnc(N)c4)[C@H](O)CO)c3)C[C@@H](O)[C@H]2[C@@H](O)CCCC1. The third-order valence-corrected chi connectivity index (χ3v) is 11.4. The van der Waals surface area contributed by atoms with E-state index in [1.807, 2.05) is 42.6 Å². The zero-order chi connectivity index (χ0) is 38.0. The first-order chi connectivity index (χ1) is 26.2. The lowest BCUT2D eigenvalue weighted by atomic mass is 9.78. The molecule has 0 saturated heterocycles. The lowest BCUT2D eigenvalue weighted by Gasteiger charge is -2.31. The van der Waals surface area contributed by atoms with Crippen LogP contribution in [0.4, 0.5) is 5.82 Å². The van der Waals surface area contributed by atoms with Crippen LogP contribution >= 0.6 is 0 Å². The average Bonchev–Trinajstić information content (AvgIpc) is 3.63. The molecule has 2 aliphatic rings. The minimum Gasteiger partial charge on any atom is -0.504 e. The summed E-state index contributed by atoms with van der Waals surface area (Å²) in [7, 11) is 0. The Labute approximate surface area is 319 Å². The van der Waals surface area contributed by atoms with Gasteiger partial charge in [0.05, 0.1) is 18.8 Å². The van der Waals surface area contributed by atoms with E-state index in [1.54, 1.807) is 24.4 Å². The Kier molecular flexibility index (Phi) is 13.5. The number of nitrogen functional groups attached to an aromatic ring is 1. The van der Waals surface area contributed by atoms with Crippen LogP contribution in [-0.4, -0.2) is 66.5 Å². The van der Waals surface area contributed by atoms with Crippen LogP contribution in [0.3, 0.4) is 0 Å². The van der Waals surface area contributed by atoms with Gasteiger partial charge in [0.15, 0.2) is 11.5 Å². The van der Waals surface area contributed by atoms with Gasteiger partial charge in [0, 0.05) is 41.8 Å². The lowest BCUT2D eigenvalue weighted by molar-refractivity contribution is -0.00877. The van der Waals surface area contributed by atoms with Gasteiger partial charge in [-0.3, -0.25) is 0 Å². The molecular formula is C45H55N3O6. The van der Waals surface area contributed by atoms with Crippen molar-refractivity contribution in [3.8, 4) is 23.3 Å². The van der Waals surface area contributed by atoms with E-state index in [-0.39, 0.29) is 35.2 Å². The Morgan fingerprint density at radius 2 is 1.76 bits per heavy atom. The highest BCUT2D eigenvalue weighted by atomic mass is 16.5. The van der Waals surface area contributed by atoms with Crippen LogP contribution in [0.15, 0.2) is 97.3 Å². The van der Waals surface area contributed by atoms with Gasteiger partial charge in [-0.15, -0.1) is 0 Å². The Morgan fingerprint density at radius 3 is 2.52 bits per heavy atom. The van der Waals surface area contributed by atoms with Crippen molar-refractivity contribution in [2.24, 2.45) is 23.7 Å². The molecule has 0 fully saturated rings. The van der Waals surface area contributed by atoms with Crippen molar-refractivity contribution >= 4 is 5.82 Å². The molecule has 0 aliphatic heterocycles. The number of aliphatic hydroxyl groups excluding tert-OH is 4. The highest BCUT2D eigenvalue weighted by Crippen LogP contribution is 2.40. The molecule has 0 saturated carbocycles. The molecule has 8 N–H and O–H groups in total. The largest absolute Gasteiger partial charge is 0.504 e. The smallest absolute Gasteiger partial charge is 0.161 e. The number of nitrogens with zero attached hydrogens (tertiary/aromatic N) is 1. The van der Waals surface area contributed by atoms with Crippen LogP contribution in [0, 0.1) is 35.5 Å². The average molecular weight is 734 g/mol. The fraction of sp³-hybridized carbons (Fsp3) is 0.444. The van der Waals surface area contributed by atoms with E-state index in [4.69, 9.17) is 10.5 Å². The summed E-state index contributed by atoms with van der Waals surface area (Å²) < 4.78 is 6.37. The molecule has 0 bridgehead atoms. The number of nitrogens with one attached hydrogen (secondary N) is 1. The standard InChI is InChI=1S/C45H55N3O6/c1-29(22-30-8-3-2-4-9-30)31-10-5-6-12-39(51)45-32(14-13-31)15-16-33(24-40(45)52)34-17-18-38(50)42(25-34)54-43(41(53)28-49)26-36(23-37-11-7-20-47-37)35-19-21-48-44(46)27-35/h2-4,7-9,11,15-21,25,27,29,31-33,36,39-41,43,45,47,49-53H,5-6,10,12,22-24,26,28H2,1H3,(H2,46,48)/t29-,31+,32-,33+,36+,39+,40-,41-,43-,45-/m1/s1. The molecule has 9 nitrogen and oxygen atoms in total. The molecule has 2 heterocycles. The summed E-state index contributed by atoms with van der Waals surface area (Å²) >= 11 is 0. The van der Waals surface area contributed by atoms with Crippen LogP contribution in [0.2, 0.25) is 0 Å². The molecule has 4 aromatic rings. The predicted molar refractivity (Wildman–Crippen MR) is 211 cm³/mol. The maximum absolute atomic E-state index is 11.7. The number of aliphatic hydroxyl groups is 4. The number of benzene rings is 2. The highest BCUT2D eigenvalue weighted by molar-refractivity contribution is 5.44. The summed E-state index contributed by atoms with van der Waals surface area (Å²) in [5.41, 5.74) is 10.0. The van der Waals surface area contributed by atoms with E-state index in [0.717, 1.165) is 42.5 Å². The lowest BCUT2D eigenvalue weighted by Crippen LogP contribution is -2.37. The predicted octanol–water partition coefficient (Wildman–Crippen LogP) is 6.28. The maximum atomic E-state index is 11.7. The minimum atomic E-state index is -1.23. The van der Waals surface area contributed by atoms with Gasteiger partial charge < -0.3 is 41.0 Å². The second-order valence-corrected chi connectivity index (χ2v) is 15.3. The molecule has 0 spiro atoms. The van der Waals surface area contributed by atoms with Crippen molar-refractivity contribution in [3.63, 3.8) is 0 Å². The van der Waals surface area contributed by atoms with E-state index in [9.17, 15) is 25.5 Å². The second kappa shape index (κ2) is 18.6. The topological polar surface area (TPSA) is 165 Å². The number of H-pyrrole nitrogens is 1. The quantitative estimate of drug-likeness (QED) is 0.0623. The monoisotopic (exact) mass is 733 g/mol. The minimum absolute atomic E-state index is 0.104. The number of aromatic amines is 1. The molecule has 0 unspecified atom stereocenters. The molecule has 54 heavy (non-hydrogen) atoms. The van der Waals surface area contributed by atoms with Gasteiger partial charge in [0.1, 0.15) is 18.0 Å². The Hall–Kier alpha value is -4.59. The zero-order valence-electron chi connectivity index (χ0n) is 31.0. The number of allylic oxidation sites excluding steroid dienone is 2. The molecule has 0 radical (unpaired) electrons. The van der Waals surface area contributed by atoms with Crippen LogP contribution in [-0.2, 0) is 12.8 Å². The fourth-order valence-corrected chi connectivity index (χ4v) is 8.26. The molecule has 0 amide bonds. The summed E-state index contributed by atoms with van der Waals surface area (Å²) in [6.45, 7) is 1.73. The van der Waals surface area contributed by atoms with Crippen molar-refractivity contribution in [2.75, 3.05) is 12.3 Å². The number of ether oxygens (including phenoxy) is 1. The Balaban J connectivity index is 1.24. The summed E-state index contributed by atoms with van der Waals surface area (Å²) in [6.07, 6.45) is 9.63. The number of phenolic OH excluding ortho intramolecular Hbond substituents is 1. The number of phenols is 1. The van der Waals surface area contributed by atoms with Crippen molar-refractivity contribution in [1.82, 2.24) is 9.97 Å². The zero-order valence-corrected chi connectivity index (χ0v) is 31.0. The van der Waals surface area contributed by atoms with Crippen molar-refractivity contribution in [3.05, 3.63) is 120 Å². The number of pyridine rings is 1. The summed E-state index contributed by atoms with van der Waals surface area (Å²) in [6, 6.07) is 23.2. The molecule has 9 heteroatoms. The van der Waals surface area contributed by atoms with Crippen molar-refractivity contribution < 1.29 is 30.3 Å². The fourth-order valence-electron chi connectivity index (χ4n) is 8.26. The van der Waals surface area contributed by atoms with Gasteiger partial charge in [0.25, 0.3) is 0 Å². The first-order valence-corrected chi connectivity index (χ1v) is 19.4. The van der Waals surface area contributed by atoms with E-state index in [1.165, 1.54) is 5.56 Å². The summed E-state index contributed by atoms with van der Waals surface area (Å²) in [4.78, 5) is 7.38. The van der Waals surface area contributed by atoms with E-state index in [0.29, 0.717) is 37.4 Å². The number of rotatable bonds is 13.